The summed E-state index contributed by atoms with van der Waals surface area (Å²) in [6.07, 6.45) is 0. The third kappa shape index (κ3) is 3.56. The van der Waals surface area contributed by atoms with Gasteiger partial charge in [-0.2, -0.15) is 0 Å². The smallest absolute Gasteiger partial charge is 0.258 e. The van der Waals surface area contributed by atoms with Crippen LogP contribution in [0.4, 0.5) is 11.4 Å². The molecule has 0 saturated carbocycles. The van der Waals surface area contributed by atoms with Crippen LogP contribution in [-0.2, 0) is 6.54 Å². The number of nitrogens with zero attached hydrogens (tertiary/aromatic N) is 1. The largest absolute Gasteiger partial charge is 0.322 e. The van der Waals surface area contributed by atoms with Gasteiger partial charge in [0.1, 0.15) is 0 Å². The second-order valence-corrected chi connectivity index (χ2v) is 7.92. The van der Waals surface area contributed by atoms with Gasteiger partial charge >= 0.3 is 0 Å². The first-order chi connectivity index (χ1) is 15.6. The molecule has 0 atom stereocenters. The van der Waals surface area contributed by atoms with Crippen molar-refractivity contribution in [3.63, 3.8) is 0 Å². The van der Waals surface area contributed by atoms with Gasteiger partial charge in [0.05, 0.1) is 12.2 Å². The number of fused-ring (bicyclic) bond motifs is 3. The van der Waals surface area contributed by atoms with Gasteiger partial charge in [0.25, 0.3) is 11.8 Å². The van der Waals surface area contributed by atoms with E-state index in [0.717, 1.165) is 33.6 Å². The minimum absolute atomic E-state index is 0.0786. The Balaban J connectivity index is 1.44. The molecule has 4 heteroatoms. The number of aryl methyl sites for hydroxylation is 1. The van der Waals surface area contributed by atoms with Crippen LogP contribution in [0.25, 0.3) is 11.1 Å². The fourth-order valence-electron chi connectivity index (χ4n) is 4.22. The minimum Gasteiger partial charge on any atom is -0.322 e. The lowest BCUT2D eigenvalue weighted by Gasteiger charge is -2.31. The molecule has 1 N–H and O–H groups in total. The van der Waals surface area contributed by atoms with Gasteiger partial charge in [-0.15, -0.1) is 0 Å². The number of amides is 2. The maximum absolute atomic E-state index is 13.5. The summed E-state index contributed by atoms with van der Waals surface area (Å²) in [4.78, 5) is 28.0. The van der Waals surface area contributed by atoms with Crippen molar-refractivity contribution in [2.24, 2.45) is 0 Å². The molecule has 0 spiro atoms. The molecule has 0 aromatic heterocycles. The lowest BCUT2D eigenvalue weighted by molar-refractivity contribution is 0.0981. The summed E-state index contributed by atoms with van der Waals surface area (Å²) < 4.78 is 0. The Hall–Kier alpha value is -4.18. The highest BCUT2D eigenvalue weighted by atomic mass is 16.2. The fourth-order valence-corrected chi connectivity index (χ4v) is 4.22. The topological polar surface area (TPSA) is 49.4 Å². The van der Waals surface area contributed by atoms with E-state index in [9.17, 15) is 9.59 Å². The molecule has 4 aromatic carbocycles. The quantitative estimate of drug-likeness (QED) is 0.439. The zero-order valence-electron chi connectivity index (χ0n) is 17.7. The third-order valence-corrected chi connectivity index (χ3v) is 5.83. The molecule has 4 nitrogen and oxygen atoms in total. The Bertz CT molecular complexity index is 1330. The first kappa shape index (κ1) is 19.8. The molecule has 1 heterocycles. The first-order valence-corrected chi connectivity index (χ1v) is 10.6. The van der Waals surface area contributed by atoms with Crippen molar-refractivity contribution in [1.29, 1.82) is 0 Å². The molecule has 0 aliphatic carbocycles. The molecule has 0 saturated heterocycles. The summed E-state index contributed by atoms with van der Waals surface area (Å²) >= 11 is 0. The van der Waals surface area contributed by atoms with Crippen molar-refractivity contribution >= 4 is 23.2 Å². The van der Waals surface area contributed by atoms with Gasteiger partial charge in [-0.1, -0.05) is 60.7 Å². The van der Waals surface area contributed by atoms with E-state index in [1.54, 1.807) is 18.2 Å². The molecule has 0 fully saturated rings. The van der Waals surface area contributed by atoms with E-state index in [4.69, 9.17) is 0 Å². The van der Waals surface area contributed by atoms with Crippen molar-refractivity contribution in [2.45, 2.75) is 13.5 Å². The maximum Gasteiger partial charge on any atom is 0.258 e. The molecule has 5 rings (SSSR count). The monoisotopic (exact) mass is 418 g/mol. The number of rotatable bonds is 3. The van der Waals surface area contributed by atoms with E-state index in [0.29, 0.717) is 17.7 Å². The number of benzene rings is 4. The number of hydrogen-bond acceptors (Lipinski definition) is 2. The summed E-state index contributed by atoms with van der Waals surface area (Å²) in [5, 5.41) is 2.90. The fraction of sp³-hybridized carbons (Fsp3) is 0.0714. The van der Waals surface area contributed by atoms with Gasteiger partial charge < -0.3 is 10.2 Å². The van der Waals surface area contributed by atoms with Gasteiger partial charge in [-0.3, -0.25) is 9.59 Å². The summed E-state index contributed by atoms with van der Waals surface area (Å²) in [6.45, 7) is 2.37. The van der Waals surface area contributed by atoms with Crippen LogP contribution in [0.3, 0.4) is 0 Å². The maximum atomic E-state index is 13.5. The molecule has 1 aliphatic heterocycles. The highest BCUT2D eigenvalue weighted by Crippen LogP contribution is 2.39. The van der Waals surface area contributed by atoms with Crippen molar-refractivity contribution in [2.75, 3.05) is 10.2 Å². The number of carbonyl (C=O) groups is 2. The standard InChI is InChI=1S/C28H22N2O2/c1-19-17-20(15-16-23(19)27(31)29-22-10-3-2-4-11-22)28(32)30-18-21-9-5-6-12-24(21)25-13-7-8-14-26(25)30/h2-17H,18H2,1H3,(H,29,31). The molecule has 2 amide bonds. The lowest BCUT2D eigenvalue weighted by atomic mass is 9.93. The second-order valence-electron chi connectivity index (χ2n) is 7.92. The summed E-state index contributed by atoms with van der Waals surface area (Å²) in [5.41, 5.74) is 6.85. The average molecular weight is 418 g/mol. The number of anilines is 2. The van der Waals surface area contributed by atoms with Crippen LogP contribution in [0.2, 0.25) is 0 Å². The van der Waals surface area contributed by atoms with Gasteiger partial charge in [0, 0.05) is 22.4 Å². The Morgan fingerprint density at radius 3 is 2.25 bits per heavy atom. The lowest BCUT2D eigenvalue weighted by Crippen LogP contribution is -2.33. The van der Waals surface area contributed by atoms with E-state index in [1.165, 1.54) is 0 Å². The van der Waals surface area contributed by atoms with Crippen molar-refractivity contribution in [3.8, 4) is 11.1 Å². The summed E-state index contributed by atoms with van der Waals surface area (Å²) in [6, 6.07) is 30.8. The molecule has 0 radical (unpaired) electrons. The Morgan fingerprint density at radius 2 is 1.47 bits per heavy atom. The number of nitrogens with one attached hydrogen (secondary N) is 1. The Kier molecular flexibility index (Phi) is 5.04. The predicted molar refractivity (Wildman–Crippen MR) is 128 cm³/mol. The average Bonchev–Trinajstić information content (AvgIpc) is 2.83. The molecule has 32 heavy (non-hydrogen) atoms. The van der Waals surface area contributed by atoms with Crippen LogP contribution < -0.4 is 10.2 Å². The van der Waals surface area contributed by atoms with Crippen LogP contribution in [0, 0.1) is 6.92 Å². The van der Waals surface area contributed by atoms with E-state index < -0.39 is 0 Å². The number of carbonyl (C=O) groups excluding carboxylic acids is 2. The zero-order chi connectivity index (χ0) is 22.1. The molecular formula is C28H22N2O2. The van der Waals surface area contributed by atoms with E-state index in [1.807, 2.05) is 72.5 Å². The van der Waals surface area contributed by atoms with Crippen LogP contribution in [0.1, 0.15) is 31.8 Å². The zero-order valence-corrected chi connectivity index (χ0v) is 17.7. The summed E-state index contributed by atoms with van der Waals surface area (Å²) in [7, 11) is 0. The van der Waals surface area contributed by atoms with Crippen LogP contribution in [0.15, 0.2) is 97.1 Å². The van der Waals surface area contributed by atoms with Crippen molar-refractivity contribution in [3.05, 3.63) is 119 Å². The highest BCUT2D eigenvalue weighted by molar-refractivity contribution is 6.11. The minimum atomic E-state index is -0.190. The SMILES string of the molecule is Cc1cc(C(=O)N2Cc3ccccc3-c3ccccc32)ccc1C(=O)Nc1ccccc1. The molecular weight excluding hydrogens is 396 g/mol. The van der Waals surface area contributed by atoms with Gasteiger partial charge in [0.15, 0.2) is 0 Å². The third-order valence-electron chi connectivity index (χ3n) is 5.83. The molecule has 156 valence electrons. The van der Waals surface area contributed by atoms with Crippen LogP contribution in [-0.4, -0.2) is 11.8 Å². The first-order valence-electron chi connectivity index (χ1n) is 10.6. The van der Waals surface area contributed by atoms with Crippen molar-refractivity contribution < 1.29 is 9.59 Å². The normalized spacial score (nSPS) is 12.0. The molecule has 4 aromatic rings. The van der Waals surface area contributed by atoms with E-state index in [-0.39, 0.29) is 11.8 Å². The molecule has 1 aliphatic rings. The molecule has 0 bridgehead atoms. The Morgan fingerprint density at radius 1 is 0.781 bits per heavy atom. The number of hydrogen-bond donors (Lipinski definition) is 1. The highest BCUT2D eigenvalue weighted by Gasteiger charge is 2.27. The van der Waals surface area contributed by atoms with E-state index in [2.05, 4.69) is 23.5 Å². The Labute approximate surface area is 187 Å². The molecule has 0 unspecified atom stereocenters. The van der Waals surface area contributed by atoms with Crippen molar-refractivity contribution in [1.82, 2.24) is 0 Å². The van der Waals surface area contributed by atoms with Gasteiger partial charge in [-0.05, 0) is 60.0 Å². The summed E-state index contributed by atoms with van der Waals surface area (Å²) in [5.74, 6) is -0.269. The van der Waals surface area contributed by atoms with Gasteiger partial charge in [-0.25, -0.2) is 0 Å². The van der Waals surface area contributed by atoms with E-state index >= 15 is 0 Å². The van der Waals surface area contributed by atoms with Crippen LogP contribution in [0.5, 0.6) is 0 Å². The predicted octanol–water partition coefficient (Wildman–Crippen LogP) is 6.07. The number of para-hydroxylation sites is 2. The van der Waals surface area contributed by atoms with Gasteiger partial charge in [0.2, 0.25) is 0 Å². The van der Waals surface area contributed by atoms with Crippen LogP contribution >= 0.6 is 0 Å². The second kappa shape index (κ2) is 8.16.